The molecule has 0 aromatic carbocycles. The monoisotopic (exact) mass is 134 g/mol. The molecule has 0 aromatic rings. The molecule has 1 N–H and O–H groups in total. The number of thiol groups is 1. The predicted octanol–water partition coefficient (Wildman–Crippen LogP) is 2.18. The molecule has 8 heavy (non-hydrogen) atoms. The molecule has 48 valence electrons. The minimum absolute atomic E-state index is 1.14. The predicted molar refractivity (Wildman–Crippen MR) is 37.5 cm³/mol. The first kappa shape index (κ1) is 10.5. The van der Waals surface area contributed by atoms with Gasteiger partial charge in [-0.25, -0.2) is 4.79 Å². The number of rotatable bonds is 0. The smallest absolute Gasteiger partial charge is 0.361 e. The SMILES string of the molecule is C=C(C)C.O=C(O)S. The lowest BCUT2D eigenvalue weighted by atomic mass is 10.4. The third-order valence-electron chi connectivity index (χ3n) is 0. The molecule has 0 aliphatic rings. The molecule has 0 bridgehead atoms. The van der Waals surface area contributed by atoms with Crippen LogP contribution >= 0.6 is 12.6 Å². The van der Waals surface area contributed by atoms with Crippen molar-refractivity contribution < 1.29 is 9.90 Å². The highest BCUT2D eigenvalue weighted by atomic mass is 32.1. The van der Waals surface area contributed by atoms with Crippen molar-refractivity contribution in [3.8, 4) is 0 Å². The summed E-state index contributed by atoms with van der Waals surface area (Å²) in [7, 11) is 0. The van der Waals surface area contributed by atoms with Gasteiger partial charge in [-0.3, -0.25) is 0 Å². The van der Waals surface area contributed by atoms with Gasteiger partial charge in [-0.2, -0.15) is 0 Å². The first-order valence-electron chi connectivity index (χ1n) is 2.00. The van der Waals surface area contributed by atoms with Gasteiger partial charge in [0.15, 0.2) is 0 Å². The molecule has 2 nitrogen and oxygen atoms in total. The minimum Gasteiger partial charge on any atom is -0.473 e. The van der Waals surface area contributed by atoms with Crippen LogP contribution in [0.4, 0.5) is 4.79 Å². The average molecular weight is 134 g/mol. The Morgan fingerprint density at radius 3 is 1.62 bits per heavy atom. The Morgan fingerprint density at radius 1 is 1.62 bits per heavy atom. The highest BCUT2D eigenvalue weighted by Gasteiger charge is 1.67. The molecule has 0 aliphatic carbocycles. The zero-order valence-electron chi connectivity index (χ0n) is 5.01. The largest absolute Gasteiger partial charge is 0.473 e. The number of carbonyl (C=O) groups is 1. The molecule has 3 heteroatoms. The zero-order valence-corrected chi connectivity index (χ0v) is 5.90. The molecule has 0 radical (unpaired) electrons. The second kappa shape index (κ2) is 6.56. The minimum atomic E-state index is -1.14. The van der Waals surface area contributed by atoms with Crippen LogP contribution in [0.5, 0.6) is 0 Å². The van der Waals surface area contributed by atoms with Gasteiger partial charge in [0.05, 0.1) is 0 Å². The summed E-state index contributed by atoms with van der Waals surface area (Å²) in [4.78, 5) is 8.86. The Balaban J connectivity index is 0. The summed E-state index contributed by atoms with van der Waals surface area (Å²) in [5, 5.41) is 6.14. The number of allylic oxidation sites excluding steroid dienone is 1. The maximum absolute atomic E-state index is 8.86. The van der Waals surface area contributed by atoms with E-state index in [9.17, 15) is 0 Å². The zero-order chi connectivity index (χ0) is 7.15. The van der Waals surface area contributed by atoms with Crippen LogP contribution in [-0.4, -0.2) is 10.4 Å². The maximum atomic E-state index is 8.86. The van der Waals surface area contributed by atoms with Crippen LogP contribution in [0.2, 0.25) is 0 Å². The van der Waals surface area contributed by atoms with E-state index in [2.05, 4.69) is 19.2 Å². The number of hydrogen-bond donors (Lipinski definition) is 2. The van der Waals surface area contributed by atoms with Crippen molar-refractivity contribution in [3.63, 3.8) is 0 Å². The molecule has 0 heterocycles. The van der Waals surface area contributed by atoms with E-state index in [1.165, 1.54) is 5.57 Å². The lowest BCUT2D eigenvalue weighted by Crippen LogP contribution is -1.67. The van der Waals surface area contributed by atoms with Crippen LogP contribution in [0.25, 0.3) is 0 Å². The highest BCUT2D eigenvalue weighted by molar-refractivity contribution is 7.96. The fraction of sp³-hybridized carbons (Fsp3) is 0.400. The number of hydrogen-bond acceptors (Lipinski definition) is 1. The standard InChI is InChI=1S/C4H8.CH2O2S/c1-4(2)3;2-1(3)4/h1H2,2-3H3;4H,(H,2,3). The van der Waals surface area contributed by atoms with Gasteiger partial charge in [0, 0.05) is 0 Å². The van der Waals surface area contributed by atoms with E-state index in [0.29, 0.717) is 0 Å². The Labute approximate surface area is 54.6 Å². The normalized spacial score (nSPS) is 6.38. The van der Waals surface area contributed by atoms with Crippen molar-refractivity contribution in [1.29, 1.82) is 0 Å². The first-order valence-corrected chi connectivity index (χ1v) is 2.45. The van der Waals surface area contributed by atoms with Gasteiger partial charge in [-0.05, 0) is 13.8 Å². The van der Waals surface area contributed by atoms with Gasteiger partial charge < -0.3 is 5.11 Å². The summed E-state index contributed by atoms with van der Waals surface area (Å²) >= 11 is 2.88. The molecule has 0 aromatic heterocycles. The molecule has 0 saturated heterocycles. The van der Waals surface area contributed by atoms with Gasteiger partial charge in [-0.1, -0.05) is 18.2 Å². The fourth-order valence-electron chi connectivity index (χ4n) is 0. The summed E-state index contributed by atoms with van der Waals surface area (Å²) in [6.45, 7) is 7.50. The van der Waals surface area contributed by atoms with E-state index in [-0.39, 0.29) is 0 Å². The van der Waals surface area contributed by atoms with E-state index in [1.807, 2.05) is 13.8 Å². The molecule has 0 atom stereocenters. The molecule has 0 saturated carbocycles. The Kier molecular flexibility index (Phi) is 8.63. The van der Waals surface area contributed by atoms with Gasteiger partial charge in [-0.15, -0.1) is 6.58 Å². The van der Waals surface area contributed by atoms with Crippen molar-refractivity contribution in [2.24, 2.45) is 0 Å². The second-order valence-electron chi connectivity index (χ2n) is 1.49. The Morgan fingerprint density at radius 2 is 1.62 bits per heavy atom. The summed E-state index contributed by atoms with van der Waals surface area (Å²) in [5.41, 5.74) is 1.17. The topological polar surface area (TPSA) is 37.3 Å². The van der Waals surface area contributed by atoms with Crippen LogP contribution in [-0.2, 0) is 0 Å². The molecule has 0 unspecified atom stereocenters. The molecule has 0 amide bonds. The van der Waals surface area contributed by atoms with Crippen molar-refractivity contribution >= 4 is 17.9 Å². The van der Waals surface area contributed by atoms with Crippen LogP contribution < -0.4 is 0 Å². The maximum Gasteiger partial charge on any atom is 0.361 e. The molecular formula is C5H10O2S. The van der Waals surface area contributed by atoms with Gasteiger partial charge in [0.2, 0.25) is 0 Å². The average Bonchev–Trinajstić information content (AvgIpc) is 1.25. The van der Waals surface area contributed by atoms with E-state index >= 15 is 0 Å². The highest BCUT2D eigenvalue weighted by Crippen LogP contribution is 1.73. The number of carboxylic acid groups (broad SMARTS) is 1. The van der Waals surface area contributed by atoms with Crippen LogP contribution in [0.15, 0.2) is 12.2 Å². The summed E-state index contributed by atoms with van der Waals surface area (Å²) in [6.07, 6.45) is 0. The van der Waals surface area contributed by atoms with Crippen molar-refractivity contribution in [3.05, 3.63) is 12.2 Å². The van der Waals surface area contributed by atoms with E-state index < -0.39 is 5.30 Å². The van der Waals surface area contributed by atoms with Gasteiger partial charge >= 0.3 is 5.30 Å². The molecule has 0 spiro atoms. The van der Waals surface area contributed by atoms with E-state index in [1.54, 1.807) is 0 Å². The summed E-state index contributed by atoms with van der Waals surface area (Å²) in [5.74, 6) is 0. The third-order valence-corrected chi connectivity index (χ3v) is 0. The third kappa shape index (κ3) is 597. The van der Waals surface area contributed by atoms with E-state index in [4.69, 9.17) is 9.90 Å². The first-order chi connectivity index (χ1) is 3.46. The van der Waals surface area contributed by atoms with Crippen LogP contribution in [0.3, 0.4) is 0 Å². The molecule has 0 aliphatic heterocycles. The van der Waals surface area contributed by atoms with Crippen molar-refractivity contribution in [2.75, 3.05) is 0 Å². The molecular weight excluding hydrogens is 124 g/mol. The Hall–Kier alpha value is -0.440. The van der Waals surface area contributed by atoms with E-state index in [0.717, 1.165) is 0 Å². The van der Waals surface area contributed by atoms with Crippen molar-refractivity contribution in [2.45, 2.75) is 13.8 Å². The quantitative estimate of drug-likeness (QED) is 0.393. The van der Waals surface area contributed by atoms with Gasteiger partial charge in [0.1, 0.15) is 0 Å². The lowest BCUT2D eigenvalue weighted by Gasteiger charge is -1.65. The van der Waals surface area contributed by atoms with Crippen molar-refractivity contribution in [1.82, 2.24) is 0 Å². The van der Waals surface area contributed by atoms with Gasteiger partial charge in [0.25, 0.3) is 0 Å². The van der Waals surface area contributed by atoms with Crippen LogP contribution in [0, 0.1) is 0 Å². The Bertz CT molecular complexity index is 68.4. The summed E-state index contributed by atoms with van der Waals surface area (Å²) in [6, 6.07) is 0. The second-order valence-corrected chi connectivity index (χ2v) is 1.87. The fourth-order valence-corrected chi connectivity index (χ4v) is 0. The summed E-state index contributed by atoms with van der Waals surface area (Å²) < 4.78 is 0. The van der Waals surface area contributed by atoms with Crippen LogP contribution in [0.1, 0.15) is 13.8 Å². The molecule has 0 rings (SSSR count). The lowest BCUT2D eigenvalue weighted by molar-refractivity contribution is 0.222. The molecule has 0 fully saturated rings.